The zero-order valence-corrected chi connectivity index (χ0v) is 17.2. The van der Waals surface area contributed by atoms with Gasteiger partial charge < -0.3 is 16.2 Å². The van der Waals surface area contributed by atoms with E-state index in [4.69, 9.17) is 28.9 Å². The number of hydrogen-bond donors (Lipinski definition) is 3. The Morgan fingerprint density at radius 2 is 1.71 bits per heavy atom. The van der Waals surface area contributed by atoms with Crippen molar-refractivity contribution in [2.75, 3.05) is 6.61 Å². The Balaban J connectivity index is 2.06. The van der Waals surface area contributed by atoms with E-state index in [1.807, 2.05) is 0 Å². The second-order valence-corrected chi connectivity index (χ2v) is 7.06. The van der Waals surface area contributed by atoms with E-state index in [1.165, 1.54) is 12.1 Å². The molecule has 1 atom stereocenters. The number of amides is 2. The average molecular weight is 474 g/mol. The fraction of sp³-hybridized carbons (Fsp3) is 0.150. The van der Waals surface area contributed by atoms with Crippen molar-refractivity contribution in [2.24, 2.45) is 10.7 Å². The number of amidine groups is 1. The minimum absolute atomic E-state index is 0.0714. The molecule has 2 rings (SSSR count). The monoisotopic (exact) mass is 473 g/mol. The number of rotatable bonds is 6. The van der Waals surface area contributed by atoms with Crippen LogP contribution in [0.15, 0.2) is 53.5 Å². The van der Waals surface area contributed by atoms with Crippen molar-refractivity contribution in [1.29, 1.82) is 0 Å². The summed E-state index contributed by atoms with van der Waals surface area (Å²) in [5, 5.41) is 12.4. The molecule has 0 saturated carbocycles. The summed E-state index contributed by atoms with van der Waals surface area (Å²) >= 11 is 11.7. The van der Waals surface area contributed by atoms with Crippen LogP contribution in [0.3, 0.4) is 0 Å². The maximum Gasteiger partial charge on any atom is 0.416 e. The summed E-state index contributed by atoms with van der Waals surface area (Å²) in [6.45, 7) is -0.773. The second kappa shape index (κ2) is 10.4. The van der Waals surface area contributed by atoms with Gasteiger partial charge in [0.15, 0.2) is 0 Å². The van der Waals surface area contributed by atoms with Crippen LogP contribution >= 0.6 is 23.2 Å². The number of halogens is 5. The predicted molar refractivity (Wildman–Crippen MR) is 112 cm³/mol. The van der Waals surface area contributed by atoms with Crippen molar-refractivity contribution in [3.63, 3.8) is 0 Å². The Kier molecular flexibility index (Phi) is 8.21. The second-order valence-electron chi connectivity index (χ2n) is 6.19. The number of nitrogens with zero attached hydrogens (tertiary/aromatic N) is 1. The number of carbonyl (C=O) groups is 2. The van der Waals surface area contributed by atoms with E-state index < -0.39 is 36.2 Å². The molecule has 4 N–H and O–H groups in total. The molecule has 0 aliphatic rings. The van der Waals surface area contributed by atoms with Gasteiger partial charge in [0.05, 0.1) is 12.2 Å². The summed E-state index contributed by atoms with van der Waals surface area (Å²) in [4.78, 5) is 27.8. The minimum atomic E-state index is -4.52. The predicted octanol–water partition coefficient (Wildman–Crippen LogP) is 3.43. The molecular formula is C20H16Cl2F3N3O3. The lowest BCUT2D eigenvalue weighted by atomic mass is 10.1. The zero-order chi connectivity index (χ0) is 23.2. The summed E-state index contributed by atoms with van der Waals surface area (Å²) < 4.78 is 37.8. The Hall–Kier alpha value is -2.88. The normalized spacial score (nSPS) is 13.3. The number of alkyl halides is 3. The van der Waals surface area contributed by atoms with Gasteiger partial charge in [0, 0.05) is 21.7 Å². The van der Waals surface area contributed by atoms with Gasteiger partial charge >= 0.3 is 6.18 Å². The fourth-order valence-corrected chi connectivity index (χ4v) is 2.88. The number of aliphatic imine (C=N–C) groups is 1. The Bertz CT molecular complexity index is 1000. The number of nitrogens with one attached hydrogen (secondary N) is 1. The molecule has 0 saturated heterocycles. The topological polar surface area (TPSA) is 105 Å². The van der Waals surface area contributed by atoms with Crippen molar-refractivity contribution in [2.45, 2.75) is 12.2 Å². The first-order valence-corrected chi connectivity index (χ1v) is 9.36. The number of aliphatic hydroxyl groups excluding tert-OH is 1. The van der Waals surface area contributed by atoms with Crippen molar-refractivity contribution in [1.82, 2.24) is 5.32 Å². The van der Waals surface area contributed by atoms with Gasteiger partial charge in [0.2, 0.25) is 5.91 Å². The van der Waals surface area contributed by atoms with E-state index in [2.05, 4.69) is 10.3 Å². The van der Waals surface area contributed by atoms with Gasteiger partial charge in [0.25, 0.3) is 5.91 Å². The molecule has 31 heavy (non-hydrogen) atoms. The molecule has 0 radical (unpaired) electrons. The number of aliphatic hydroxyl groups is 1. The lowest BCUT2D eigenvalue weighted by Crippen LogP contribution is -2.42. The molecule has 11 heteroatoms. The largest absolute Gasteiger partial charge is 0.416 e. The molecule has 0 spiro atoms. The van der Waals surface area contributed by atoms with Gasteiger partial charge in [-0.3, -0.25) is 9.59 Å². The lowest BCUT2D eigenvalue weighted by Gasteiger charge is -2.12. The summed E-state index contributed by atoms with van der Waals surface area (Å²) in [5.41, 5.74) is 5.37. The third-order valence-corrected chi connectivity index (χ3v) is 4.28. The SMILES string of the molecule is NC(=NC(=O)C(CO)NC(=O)/C=C/c1cc(Cl)cc(Cl)c1)c1ccc(C(F)(F)F)cc1. The van der Waals surface area contributed by atoms with Crippen LogP contribution in [0.1, 0.15) is 16.7 Å². The third kappa shape index (κ3) is 7.39. The van der Waals surface area contributed by atoms with Gasteiger partial charge in [0.1, 0.15) is 11.9 Å². The highest BCUT2D eigenvalue weighted by atomic mass is 35.5. The van der Waals surface area contributed by atoms with Gasteiger partial charge in [-0.25, -0.2) is 0 Å². The highest BCUT2D eigenvalue weighted by Crippen LogP contribution is 2.29. The quantitative estimate of drug-likeness (QED) is 0.339. The van der Waals surface area contributed by atoms with E-state index in [-0.39, 0.29) is 11.4 Å². The Labute approximate surface area is 185 Å². The first-order valence-electron chi connectivity index (χ1n) is 8.60. The summed E-state index contributed by atoms with van der Waals surface area (Å²) in [6, 6.07) is 6.91. The van der Waals surface area contributed by atoms with Crippen LogP contribution < -0.4 is 11.1 Å². The first kappa shape index (κ1) is 24.4. The van der Waals surface area contributed by atoms with E-state index in [0.717, 1.165) is 30.3 Å². The number of nitrogens with two attached hydrogens (primary N) is 1. The van der Waals surface area contributed by atoms with Crippen LogP contribution in [0.5, 0.6) is 0 Å². The molecule has 1 unspecified atom stereocenters. The van der Waals surface area contributed by atoms with Gasteiger partial charge in [-0.15, -0.1) is 0 Å². The molecule has 0 heterocycles. The van der Waals surface area contributed by atoms with Crippen LogP contribution in [0.2, 0.25) is 10.0 Å². The maximum atomic E-state index is 12.6. The first-order chi connectivity index (χ1) is 14.5. The summed E-state index contributed by atoms with van der Waals surface area (Å²) in [5.74, 6) is -2.06. The number of benzene rings is 2. The van der Waals surface area contributed by atoms with Gasteiger partial charge in [-0.1, -0.05) is 35.3 Å². The molecule has 164 valence electrons. The molecule has 2 amide bonds. The van der Waals surface area contributed by atoms with E-state index >= 15 is 0 Å². The number of carbonyl (C=O) groups excluding carboxylic acids is 2. The fourth-order valence-electron chi connectivity index (χ4n) is 2.34. The maximum absolute atomic E-state index is 12.6. The van der Waals surface area contributed by atoms with E-state index in [0.29, 0.717) is 15.6 Å². The summed E-state index contributed by atoms with van der Waals surface area (Å²) in [7, 11) is 0. The molecule has 0 bridgehead atoms. The Morgan fingerprint density at radius 3 is 2.23 bits per heavy atom. The van der Waals surface area contributed by atoms with Crippen LogP contribution in [-0.2, 0) is 15.8 Å². The Morgan fingerprint density at radius 1 is 1.13 bits per heavy atom. The average Bonchev–Trinajstić information content (AvgIpc) is 2.69. The van der Waals surface area contributed by atoms with Crippen LogP contribution in [0, 0.1) is 0 Å². The standard InChI is InChI=1S/C20H16Cl2F3N3O3/c21-14-7-11(8-15(22)9-14)1-6-17(30)27-16(10-29)19(31)28-18(26)12-2-4-13(5-3-12)20(23,24)25/h1-9,16,29H,10H2,(H,27,30)(H2,26,28,31)/b6-1+. The van der Waals surface area contributed by atoms with Crippen LogP contribution in [0.25, 0.3) is 6.08 Å². The zero-order valence-electron chi connectivity index (χ0n) is 15.7. The molecule has 0 fully saturated rings. The van der Waals surface area contributed by atoms with Crippen LogP contribution in [-0.4, -0.2) is 35.4 Å². The smallest absolute Gasteiger partial charge is 0.394 e. The third-order valence-electron chi connectivity index (χ3n) is 3.85. The van der Waals surface area contributed by atoms with Crippen molar-refractivity contribution >= 4 is 46.9 Å². The minimum Gasteiger partial charge on any atom is -0.394 e. The summed E-state index contributed by atoms with van der Waals surface area (Å²) in [6.07, 6.45) is -2.02. The van der Waals surface area contributed by atoms with Crippen molar-refractivity contribution in [3.8, 4) is 0 Å². The molecule has 0 aliphatic carbocycles. The molecular weight excluding hydrogens is 458 g/mol. The van der Waals surface area contributed by atoms with Gasteiger partial charge in [-0.2, -0.15) is 18.2 Å². The highest BCUT2D eigenvalue weighted by Gasteiger charge is 2.30. The van der Waals surface area contributed by atoms with E-state index in [9.17, 15) is 27.9 Å². The molecule has 6 nitrogen and oxygen atoms in total. The molecule has 2 aromatic carbocycles. The molecule has 0 aliphatic heterocycles. The number of hydrogen-bond acceptors (Lipinski definition) is 3. The van der Waals surface area contributed by atoms with Gasteiger partial charge in [-0.05, 0) is 42.0 Å². The van der Waals surface area contributed by atoms with E-state index in [1.54, 1.807) is 12.1 Å². The van der Waals surface area contributed by atoms with Crippen molar-refractivity contribution < 1.29 is 27.9 Å². The van der Waals surface area contributed by atoms with Crippen molar-refractivity contribution in [3.05, 3.63) is 75.3 Å². The lowest BCUT2D eigenvalue weighted by molar-refractivity contribution is -0.137. The molecule has 0 aromatic heterocycles. The highest BCUT2D eigenvalue weighted by molar-refractivity contribution is 6.34. The molecule has 2 aromatic rings. The van der Waals surface area contributed by atoms with Crippen LogP contribution in [0.4, 0.5) is 13.2 Å².